The van der Waals surface area contributed by atoms with Crippen LogP contribution in [0.2, 0.25) is 5.02 Å². The van der Waals surface area contributed by atoms with Gasteiger partial charge < -0.3 is 10.2 Å². The van der Waals surface area contributed by atoms with Gasteiger partial charge in [-0.1, -0.05) is 23.7 Å². The van der Waals surface area contributed by atoms with Crippen molar-refractivity contribution in [3.05, 3.63) is 75.3 Å². The molecule has 0 aliphatic carbocycles. The van der Waals surface area contributed by atoms with E-state index in [9.17, 15) is 14.9 Å². The Morgan fingerprint density at radius 2 is 1.74 bits per heavy atom. The first-order chi connectivity index (χ1) is 15.0. The number of carbonyl (C=O) groups is 1. The number of amides is 1. The summed E-state index contributed by atoms with van der Waals surface area (Å²) in [6, 6.07) is 14.9. The lowest BCUT2D eigenvalue weighted by molar-refractivity contribution is -0.384. The molecule has 3 aromatic rings. The van der Waals surface area contributed by atoms with E-state index >= 15 is 0 Å². The van der Waals surface area contributed by atoms with Crippen molar-refractivity contribution in [1.82, 2.24) is 10.2 Å². The predicted molar refractivity (Wildman–Crippen MR) is 120 cm³/mol. The maximum atomic E-state index is 12.5. The minimum absolute atomic E-state index is 0.0207. The Hall–Kier alpha value is -3.52. The molecule has 2 aromatic carbocycles. The number of nitrogens with one attached hydrogen (secondary N) is 1. The van der Waals surface area contributed by atoms with Crippen molar-refractivity contribution < 1.29 is 9.72 Å². The zero-order valence-electron chi connectivity index (χ0n) is 16.6. The number of rotatable bonds is 5. The lowest BCUT2D eigenvalue weighted by Gasteiger charge is -2.27. The summed E-state index contributed by atoms with van der Waals surface area (Å²) in [6.07, 6.45) is 3.63. The summed E-state index contributed by atoms with van der Waals surface area (Å²) < 4.78 is 0. The maximum absolute atomic E-state index is 12.5. The van der Waals surface area contributed by atoms with Gasteiger partial charge in [0.1, 0.15) is 0 Å². The van der Waals surface area contributed by atoms with E-state index in [1.807, 2.05) is 24.3 Å². The monoisotopic (exact) mass is 437 g/mol. The SMILES string of the molecule is O=C(Nc1ccc(-c2ccc(N3CCCCC3)nn2)cc1)c1ccc([N+](=O)[O-])cc1Cl. The number of nitro groups is 1. The van der Waals surface area contributed by atoms with Crippen LogP contribution in [0, 0.1) is 10.1 Å². The number of hydrogen-bond donors (Lipinski definition) is 1. The minimum atomic E-state index is -0.561. The molecule has 158 valence electrons. The highest BCUT2D eigenvalue weighted by atomic mass is 35.5. The van der Waals surface area contributed by atoms with Gasteiger partial charge in [0, 0.05) is 36.5 Å². The summed E-state index contributed by atoms with van der Waals surface area (Å²) in [4.78, 5) is 25.0. The fourth-order valence-corrected chi connectivity index (χ4v) is 3.76. The third kappa shape index (κ3) is 4.80. The number of piperidine rings is 1. The molecule has 2 heterocycles. The molecular weight excluding hydrogens is 418 g/mol. The molecule has 31 heavy (non-hydrogen) atoms. The van der Waals surface area contributed by atoms with Gasteiger partial charge in [-0.15, -0.1) is 10.2 Å². The van der Waals surface area contributed by atoms with Crippen LogP contribution in [0.15, 0.2) is 54.6 Å². The van der Waals surface area contributed by atoms with Crippen molar-refractivity contribution >= 4 is 34.7 Å². The third-order valence-corrected chi connectivity index (χ3v) is 5.49. The molecule has 0 spiro atoms. The van der Waals surface area contributed by atoms with E-state index in [2.05, 4.69) is 20.4 Å². The fourth-order valence-electron chi connectivity index (χ4n) is 3.50. The second-order valence-electron chi connectivity index (χ2n) is 7.28. The molecule has 1 N–H and O–H groups in total. The Labute approximate surface area is 184 Å². The highest BCUT2D eigenvalue weighted by Gasteiger charge is 2.16. The van der Waals surface area contributed by atoms with E-state index in [1.165, 1.54) is 31.4 Å². The standard InChI is InChI=1S/C22H20ClN5O3/c23-19-14-17(28(30)31)8-9-18(19)22(29)24-16-6-4-15(5-7-16)20-10-11-21(26-25-20)27-12-2-1-3-13-27/h4-11,14H,1-3,12-13H2,(H,24,29). The van der Waals surface area contributed by atoms with Crippen molar-refractivity contribution in [3.8, 4) is 11.3 Å². The summed E-state index contributed by atoms with van der Waals surface area (Å²) in [5.74, 6) is 0.450. The van der Waals surface area contributed by atoms with Gasteiger partial charge in [-0.2, -0.15) is 0 Å². The molecule has 1 fully saturated rings. The van der Waals surface area contributed by atoms with Crippen LogP contribution in [0.25, 0.3) is 11.3 Å². The Morgan fingerprint density at radius 1 is 1.00 bits per heavy atom. The Bertz CT molecular complexity index is 1100. The van der Waals surface area contributed by atoms with Crippen LogP contribution in [0.1, 0.15) is 29.6 Å². The summed E-state index contributed by atoms with van der Waals surface area (Å²) in [5, 5.41) is 22.3. The van der Waals surface area contributed by atoms with E-state index in [4.69, 9.17) is 11.6 Å². The van der Waals surface area contributed by atoms with Crippen LogP contribution in [-0.2, 0) is 0 Å². The van der Waals surface area contributed by atoms with Gasteiger partial charge in [0.2, 0.25) is 0 Å². The number of nitrogens with zero attached hydrogens (tertiary/aromatic N) is 4. The number of halogens is 1. The van der Waals surface area contributed by atoms with E-state index in [1.54, 1.807) is 12.1 Å². The molecule has 1 aliphatic rings. The molecule has 1 saturated heterocycles. The molecule has 1 aromatic heterocycles. The van der Waals surface area contributed by atoms with Gasteiger partial charge in [0.05, 0.1) is 21.2 Å². The first-order valence-corrected chi connectivity index (χ1v) is 10.3. The predicted octanol–water partition coefficient (Wildman–Crippen LogP) is 4.95. The number of nitro benzene ring substituents is 1. The Balaban J connectivity index is 1.43. The van der Waals surface area contributed by atoms with Gasteiger partial charge in [-0.25, -0.2) is 0 Å². The van der Waals surface area contributed by atoms with Crippen LogP contribution < -0.4 is 10.2 Å². The zero-order chi connectivity index (χ0) is 21.8. The minimum Gasteiger partial charge on any atom is -0.355 e. The molecule has 4 rings (SSSR count). The summed E-state index contributed by atoms with van der Waals surface area (Å²) in [7, 11) is 0. The summed E-state index contributed by atoms with van der Waals surface area (Å²) >= 11 is 6.02. The Kier molecular flexibility index (Phi) is 6.08. The number of aromatic nitrogens is 2. The van der Waals surface area contributed by atoms with E-state index in [0.717, 1.165) is 36.2 Å². The van der Waals surface area contributed by atoms with Crippen molar-refractivity contribution in [2.45, 2.75) is 19.3 Å². The van der Waals surface area contributed by atoms with Gasteiger partial charge in [-0.05, 0) is 49.6 Å². The van der Waals surface area contributed by atoms with Gasteiger partial charge >= 0.3 is 0 Å². The summed E-state index contributed by atoms with van der Waals surface area (Å²) in [6.45, 7) is 2.03. The van der Waals surface area contributed by atoms with Crippen LogP contribution in [0.5, 0.6) is 0 Å². The molecule has 0 unspecified atom stereocenters. The number of anilines is 2. The molecule has 0 saturated carbocycles. The smallest absolute Gasteiger partial charge is 0.270 e. The van der Waals surface area contributed by atoms with Crippen molar-refractivity contribution in [1.29, 1.82) is 0 Å². The number of benzene rings is 2. The van der Waals surface area contributed by atoms with Crippen molar-refractivity contribution in [2.24, 2.45) is 0 Å². The van der Waals surface area contributed by atoms with Crippen molar-refractivity contribution in [3.63, 3.8) is 0 Å². The summed E-state index contributed by atoms with van der Waals surface area (Å²) in [5.41, 5.74) is 2.19. The quantitative estimate of drug-likeness (QED) is 0.447. The average Bonchev–Trinajstić information content (AvgIpc) is 2.80. The second kappa shape index (κ2) is 9.09. The van der Waals surface area contributed by atoms with Crippen LogP contribution in [0.3, 0.4) is 0 Å². The number of hydrogen-bond acceptors (Lipinski definition) is 6. The normalized spacial score (nSPS) is 13.6. The number of non-ortho nitro benzene ring substituents is 1. The number of carbonyl (C=O) groups excluding carboxylic acids is 1. The second-order valence-corrected chi connectivity index (χ2v) is 7.68. The molecule has 1 amide bonds. The van der Waals surface area contributed by atoms with E-state index in [-0.39, 0.29) is 16.3 Å². The zero-order valence-corrected chi connectivity index (χ0v) is 17.4. The topological polar surface area (TPSA) is 101 Å². The van der Waals surface area contributed by atoms with Crippen LogP contribution in [0.4, 0.5) is 17.2 Å². The third-order valence-electron chi connectivity index (χ3n) is 5.18. The Morgan fingerprint density at radius 3 is 2.35 bits per heavy atom. The highest BCUT2D eigenvalue weighted by molar-refractivity contribution is 6.34. The molecule has 0 bridgehead atoms. The van der Waals surface area contributed by atoms with Crippen LogP contribution >= 0.6 is 11.6 Å². The molecule has 0 atom stereocenters. The van der Waals surface area contributed by atoms with Gasteiger partial charge in [0.15, 0.2) is 5.82 Å². The van der Waals surface area contributed by atoms with Crippen LogP contribution in [-0.4, -0.2) is 34.1 Å². The molecular formula is C22H20ClN5O3. The van der Waals surface area contributed by atoms with Gasteiger partial charge in [-0.3, -0.25) is 14.9 Å². The first kappa shape index (κ1) is 20.7. The maximum Gasteiger partial charge on any atom is 0.270 e. The van der Waals surface area contributed by atoms with E-state index in [0.29, 0.717) is 5.69 Å². The average molecular weight is 438 g/mol. The first-order valence-electron chi connectivity index (χ1n) is 9.96. The van der Waals surface area contributed by atoms with Gasteiger partial charge in [0.25, 0.3) is 11.6 Å². The lowest BCUT2D eigenvalue weighted by atomic mass is 10.1. The largest absolute Gasteiger partial charge is 0.355 e. The van der Waals surface area contributed by atoms with E-state index < -0.39 is 10.8 Å². The lowest BCUT2D eigenvalue weighted by Crippen LogP contribution is -2.30. The fraction of sp³-hybridized carbons (Fsp3) is 0.227. The highest BCUT2D eigenvalue weighted by Crippen LogP contribution is 2.25. The van der Waals surface area contributed by atoms with Crippen molar-refractivity contribution in [2.75, 3.05) is 23.3 Å². The molecule has 9 heteroatoms. The molecule has 8 nitrogen and oxygen atoms in total. The molecule has 0 radical (unpaired) electrons. The molecule has 1 aliphatic heterocycles.